The van der Waals surface area contributed by atoms with Crippen molar-refractivity contribution in [2.75, 3.05) is 0 Å². The first-order valence-electron chi connectivity index (χ1n) is 6.54. The van der Waals surface area contributed by atoms with Crippen LogP contribution in [0.25, 0.3) is 0 Å². The zero-order valence-corrected chi connectivity index (χ0v) is 11.4. The standard InChI is InChI=1S/C16H18N2O2/c1-2-13(17)11-7-3-5-9-14(11)20-15-10-6-4-8-12(15)16(18)19/h3-10,13H,2,17H2,1H3,(H2,18,19). The topological polar surface area (TPSA) is 78.3 Å². The van der Waals surface area contributed by atoms with Gasteiger partial charge in [0.15, 0.2) is 0 Å². The monoisotopic (exact) mass is 270 g/mol. The predicted molar refractivity (Wildman–Crippen MR) is 78.7 cm³/mol. The van der Waals surface area contributed by atoms with Crippen molar-refractivity contribution in [2.24, 2.45) is 11.5 Å². The van der Waals surface area contributed by atoms with Crippen LogP contribution in [0.15, 0.2) is 48.5 Å². The number of carbonyl (C=O) groups excluding carboxylic acids is 1. The third-order valence-electron chi connectivity index (χ3n) is 3.13. The first kappa shape index (κ1) is 14.1. The maximum absolute atomic E-state index is 11.4. The molecule has 4 nitrogen and oxygen atoms in total. The van der Waals surface area contributed by atoms with Crippen molar-refractivity contribution in [1.29, 1.82) is 0 Å². The van der Waals surface area contributed by atoms with E-state index in [-0.39, 0.29) is 6.04 Å². The van der Waals surface area contributed by atoms with Gasteiger partial charge in [-0.15, -0.1) is 0 Å². The molecule has 0 saturated heterocycles. The molecular weight excluding hydrogens is 252 g/mol. The summed E-state index contributed by atoms with van der Waals surface area (Å²) in [4.78, 5) is 11.4. The molecule has 2 rings (SSSR count). The number of hydrogen-bond acceptors (Lipinski definition) is 3. The van der Waals surface area contributed by atoms with E-state index in [9.17, 15) is 4.79 Å². The third-order valence-corrected chi connectivity index (χ3v) is 3.13. The Labute approximate surface area is 118 Å². The van der Waals surface area contributed by atoms with Crippen LogP contribution in [0, 0.1) is 0 Å². The summed E-state index contributed by atoms with van der Waals surface area (Å²) >= 11 is 0. The van der Waals surface area contributed by atoms with E-state index in [0.717, 1.165) is 12.0 Å². The first-order valence-corrected chi connectivity index (χ1v) is 6.54. The van der Waals surface area contributed by atoms with E-state index in [2.05, 4.69) is 0 Å². The van der Waals surface area contributed by atoms with E-state index < -0.39 is 5.91 Å². The molecule has 104 valence electrons. The number of primary amides is 1. The fourth-order valence-corrected chi connectivity index (χ4v) is 1.98. The average Bonchev–Trinajstić information content (AvgIpc) is 2.47. The van der Waals surface area contributed by atoms with Gasteiger partial charge >= 0.3 is 0 Å². The van der Waals surface area contributed by atoms with Gasteiger partial charge < -0.3 is 16.2 Å². The van der Waals surface area contributed by atoms with Crippen LogP contribution in [0.1, 0.15) is 35.3 Å². The molecule has 0 fully saturated rings. The Balaban J connectivity index is 2.38. The SMILES string of the molecule is CCC(N)c1ccccc1Oc1ccccc1C(N)=O. The Morgan fingerprint density at radius 3 is 2.35 bits per heavy atom. The Morgan fingerprint density at radius 1 is 1.10 bits per heavy atom. The van der Waals surface area contributed by atoms with Crippen molar-refractivity contribution in [3.05, 3.63) is 59.7 Å². The van der Waals surface area contributed by atoms with Gasteiger partial charge in [0.25, 0.3) is 5.91 Å². The number of benzene rings is 2. The van der Waals surface area contributed by atoms with Gasteiger partial charge in [0.1, 0.15) is 11.5 Å². The second kappa shape index (κ2) is 6.21. The molecule has 1 amide bonds. The van der Waals surface area contributed by atoms with Crippen LogP contribution in [-0.2, 0) is 0 Å². The lowest BCUT2D eigenvalue weighted by Gasteiger charge is -2.16. The Morgan fingerprint density at radius 2 is 1.70 bits per heavy atom. The molecule has 20 heavy (non-hydrogen) atoms. The summed E-state index contributed by atoms with van der Waals surface area (Å²) in [7, 11) is 0. The highest BCUT2D eigenvalue weighted by Crippen LogP contribution is 2.31. The maximum Gasteiger partial charge on any atom is 0.252 e. The van der Waals surface area contributed by atoms with Crippen molar-refractivity contribution in [1.82, 2.24) is 0 Å². The highest BCUT2D eigenvalue weighted by molar-refractivity contribution is 5.95. The molecule has 0 heterocycles. The Bertz CT molecular complexity index is 611. The van der Waals surface area contributed by atoms with Gasteiger partial charge in [-0.1, -0.05) is 37.3 Å². The zero-order valence-electron chi connectivity index (χ0n) is 11.4. The number of nitrogens with two attached hydrogens (primary N) is 2. The van der Waals surface area contributed by atoms with E-state index in [1.807, 2.05) is 31.2 Å². The summed E-state index contributed by atoms with van der Waals surface area (Å²) in [6.45, 7) is 2.01. The minimum atomic E-state index is -0.516. The number of rotatable bonds is 5. The van der Waals surface area contributed by atoms with Gasteiger partial charge in [0.2, 0.25) is 0 Å². The van der Waals surface area contributed by atoms with Crippen LogP contribution in [0.5, 0.6) is 11.5 Å². The molecule has 0 aliphatic carbocycles. The fraction of sp³-hybridized carbons (Fsp3) is 0.188. The third kappa shape index (κ3) is 2.97. The molecule has 0 bridgehead atoms. The predicted octanol–water partition coefficient (Wildman–Crippen LogP) is 2.99. The summed E-state index contributed by atoms with van der Waals surface area (Å²) in [5, 5.41) is 0. The minimum Gasteiger partial charge on any atom is -0.456 e. The minimum absolute atomic E-state index is 0.105. The highest BCUT2D eigenvalue weighted by Gasteiger charge is 2.14. The lowest BCUT2D eigenvalue weighted by atomic mass is 10.0. The quantitative estimate of drug-likeness (QED) is 0.876. The van der Waals surface area contributed by atoms with Crippen LogP contribution in [0.2, 0.25) is 0 Å². The van der Waals surface area contributed by atoms with Gasteiger partial charge in [-0.25, -0.2) is 0 Å². The van der Waals surface area contributed by atoms with Gasteiger partial charge in [-0.05, 0) is 24.6 Å². The molecule has 2 aromatic carbocycles. The highest BCUT2D eigenvalue weighted by atomic mass is 16.5. The maximum atomic E-state index is 11.4. The van der Waals surface area contributed by atoms with E-state index in [1.165, 1.54) is 0 Å². The smallest absolute Gasteiger partial charge is 0.252 e. The van der Waals surface area contributed by atoms with Gasteiger partial charge in [0, 0.05) is 11.6 Å². The largest absolute Gasteiger partial charge is 0.456 e. The number of ether oxygens (including phenoxy) is 1. The van der Waals surface area contributed by atoms with Crippen molar-refractivity contribution < 1.29 is 9.53 Å². The lowest BCUT2D eigenvalue weighted by molar-refractivity contribution is 0.0998. The molecule has 0 aliphatic rings. The van der Waals surface area contributed by atoms with Crippen molar-refractivity contribution >= 4 is 5.91 Å². The van der Waals surface area contributed by atoms with Crippen LogP contribution >= 0.6 is 0 Å². The van der Waals surface area contributed by atoms with Crippen LogP contribution < -0.4 is 16.2 Å². The van der Waals surface area contributed by atoms with Crippen LogP contribution in [0.4, 0.5) is 0 Å². The molecule has 1 atom stereocenters. The Kier molecular flexibility index (Phi) is 4.38. The van der Waals surface area contributed by atoms with E-state index in [0.29, 0.717) is 17.1 Å². The van der Waals surface area contributed by atoms with E-state index in [4.69, 9.17) is 16.2 Å². The summed E-state index contributed by atoms with van der Waals surface area (Å²) < 4.78 is 5.84. The van der Waals surface area contributed by atoms with E-state index >= 15 is 0 Å². The molecule has 2 aromatic rings. The average molecular weight is 270 g/mol. The number of para-hydroxylation sites is 2. The van der Waals surface area contributed by atoms with E-state index in [1.54, 1.807) is 24.3 Å². The number of hydrogen-bond donors (Lipinski definition) is 2. The normalized spacial score (nSPS) is 11.9. The number of carbonyl (C=O) groups is 1. The first-order chi connectivity index (χ1) is 9.63. The fourth-order valence-electron chi connectivity index (χ4n) is 1.98. The summed E-state index contributed by atoms with van der Waals surface area (Å²) in [5.74, 6) is 0.573. The molecule has 0 spiro atoms. The summed E-state index contributed by atoms with van der Waals surface area (Å²) in [5.41, 5.74) is 12.7. The molecule has 0 saturated carbocycles. The van der Waals surface area contributed by atoms with Crippen molar-refractivity contribution in [2.45, 2.75) is 19.4 Å². The molecule has 0 radical (unpaired) electrons. The van der Waals surface area contributed by atoms with Gasteiger partial charge in [0.05, 0.1) is 5.56 Å². The molecular formula is C16H18N2O2. The summed E-state index contributed by atoms with van der Waals surface area (Å²) in [6.07, 6.45) is 0.803. The van der Waals surface area contributed by atoms with Crippen molar-refractivity contribution in [3.8, 4) is 11.5 Å². The second-order valence-electron chi connectivity index (χ2n) is 4.52. The summed E-state index contributed by atoms with van der Waals surface area (Å²) in [6, 6.07) is 14.3. The zero-order chi connectivity index (χ0) is 14.5. The molecule has 0 aromatic heterocycles. The number of amides is 1. The van der Waals surface area contributed by atoms with Crippen LogP contribution in [0.3, 0.4) is 0 Å². The second-order valence-corrected chi connectivity index (χ2v) is 4.52. The molecule has 1 unspecified atom stereocenters. The molecule has 0 aliphatic heterocycles. The van der Waals surface area contributed by atoms with Gasteiger partial charge in [-0.2, -0.15) is 0 Å². The molecule has 4 heteroatoms. The van der Waals surface area contributed by atoms with Crippen LogP contribution in [-0.4, -0.2) is 5.91 Å². The Hall–Kier alpha value is -2.33. The lowest BCUT2D eigenvalue weighted by Crippen LogP contribution is -2.13. The van der Waals surface area contributed by atoms with Crippen molar-refractivity contribution in [3.63, 3.8) is 0 Å². The molecule has 4 N–H and O–H groups in total. The van der Waals surface area contributed by atoms with Gasteiger partial charge in [-0.3, -0.25) is 4.79 Å².